The maximum absolute atomic E-state index is 13.1. The largest absolute Gasteiger partial charge is 0.496 e. The summed E-state index contributed by atoms with van der Waals surface area (Å²) in [6.07, 6.45) is 0.365. The predicted octanol–water partition coefficient (Wildman–Crippen LogP) is 4.19. The molecule has 11 heteroatoms. The lowest BCUT2D eigenvalue weighted by Gasteiger charge is -2.31. The molecule has 0 bridgehead atoms. The van der Waals surface area contributed by atoms with E-state index in [4.69, 9.17) is 9.73 Å². The number of para-hydroxylation sites is 2. The summed E-state index contributed by atoms with van der Waals surface area (Å²) in [7, 11) is 5.50. The van der Waals surface area contributed by atoms with E-state index in [2.05, 4.69) is 15.6 Å². The Kier molecular flexibility index (Phi) is 8.87. The molecule has 2 aliphatic rings. The Hall–Kier alpha value is -4.64. The number of nitrogens with zero attached hydrogens (tertiary/aromatic N) is 4. The average molecular weight is 585 g/mol. The first-order valence-corrected chi connectivity index (χ1v) is 14.5. The summed E-state index contributed by atoms with van der Waals surface area (Å²) in [5.41, 5.74) is 4.00. The molecule has 5 rings (SSSR count). The number of methoxy groups -OCH3 is 1. The van der Waals surface area contributed by atoms with Crippen molar-refractivity contribution in [3.63, 3.8) is 0 Å². The molecule has 1 unspecified atom stereocenters. The van der Waals surface area contributed by atoms with E-state index in [0.717, 1.165) is 16.8 Å². The Labute approximate surface area is 248 Å². The van der Waals surface area contributed by atoms with Crippen LogP contribution in [0.3, 0.4) is 0 Å². The van der Waals surface area contributed by atoms with Crippen LogP contribution in [-0.2, 0) is 20.9 Å². The van der Waals surface area contributed by atoms with Crippen molar-refractivity contribution in [1.82, 2.24) is 10.2 Å². The van der Waals surface area contributed by atoms with Crippen LogP contribution in [0.2, 0.25) is 0 Å². The topological polar surface area (TPSA) is 116 Å². The van der Waals surface area contributed by atoms with Crippen molar-refractivity contribution < 1.29 is 19.1 Å². The molecule has 2 N–H and O–H groups in total. The van der Waals surface area contributed by atoms with Crippen LogP contribution in [0.5, 0.6) is 5.75 Å². The van der Waals surface area contributed by atoms with Crippen molar-refractivity contribution >= 4 is 57.5 Å². The molecule has 0 saturated heterocycles. The molecule has 2 aliphatic heterocycles. The summed E-state index contributed by atoms with van der Waals surface area (Å²) in [5.74, 6) is 0.549. The van der Waals surface area contributed by atoms with E-state index >= 15 is 0 Å². The van der Waals surface area contributed by atoms with E-state index in [1.54, 1.807) is 12.0 Å². The lowest BCUT2D eigenvalue weighted by atomic mass is 10.1. The minimum atomic E-state index is -0.696. The van der Waals surface area contributed by atoms with Crippen LogP contribution in [0.4, 0.5) is 17.1 Å². The zero-order valence-electron chi connectivity index (χ0n) is 23.7. The van der Waals surface area contributed by atoms with Crippen LogP contribution in [-0.4, -0.2) is 66.6 Å². The van der Waals surface area contributed by atoms with Gasteiger partial charge in [-0.05, 0) is 48.9 Å². The predicted molar refractivity (Wildman–Crippen MR) is 167 cm³/mol. The van der Waals surface area contributed by atoms with Crippen LogP contribution in [0.15, 0.2) is 82.8 Å². The summed E-state index contributed by atoms with van der Waals surface area (Å²) >= 11 is 1.23. The highest BCUT2D eigenvalue weighted by Gasteiger charge is 2.41. The van der Waals surface area contributed by atoms with E-state index in [0.29, 0.717) is 34.7 Å². The summed E-state index contributed by atoms with van der Waals surface area (Å²) in [4.78, 5) is 51.6. The van der Waals surface area contributed by atoms with Gasteiger partial charge in [0.2, 0.25) is 11.8 Å². The fraction of sp³-hybridized carbons (Fsp3) is 0.258. The molecule has 0 spiro atoms. The molecule has 3 aromatic rings. The van der Waals surface area contributed by atoms with Crippen LogP contribution in [0.1, 0.15) is 24.0 Å². The van der Waals surface area contributed by atoms with Gasteiger partial charge >= 0.3 is 0 Å². The molecule has 0 saturated carbocycles. The molecule has 0 fully saturated rings. The third-order valence-corrected chi connectivity index (χ3v) is 7.87. The number of amides is 3. The molecule has 3 aromatic carbocycles. The number of thioether (sulfide) groups is 1. The molecule has 216 valence electrons. The Bertz CT molecular complexity index is 1550. The molecule has 0 aromatic heterocycles. The Morgan fingerprint density at radius 1 is 0.976 bits per heavy atom. The van der Waals surface area contributed by atoms with Crippen molar-refractivity contribution in [3.05, 3.63) is 83.9 Å². The Balaban J connectivity index is 1.25. The number of ether oxygens (including phenoxy) is 1. The SMILES string of the molecule is COc1ccccc1CNC(=O)CCC1C(=O)N=C2c3ccccc3N=C(SCC(=O)Nc3ccc(N(C)C)cc3)N21. The number of benzene rings is 3. The number of anilines is 2. The summed E-state index contributed by atoms with van der Waals surface area (Å²) < 4.78 is 5.36. The van der Waals surface area contributed by atoms with Crippen molar-refractivity contribution in [2.24, 2.45) is 9.98 Å². The highest BCUT2D eigenvalue weighted by Crippen LogP contribution is 2.35. The second-order valence-electron chi connectivity index (χ2n) is 9.98. The number of hydrogen-bond acceptors (Lipinski definition) is 8. The first-order valence-electron chi connectivity index (χ1n) is 13.5. The van der Waals surface area contributed by atoms with E-state index in [-0.39, 0.29) is 36.3 Å². The minimum absolute atomic E-state index is 0.0838. The normalized spacial score (nSPS) is 15.3. The van der Waals surface area contributed by atoms with Gasteiger partial charge in [0.1, 0.15) is 17.6 Å². The minimum Gasteiger partial charge on any atom is -0.496 e. The van der Waals surface area contributed by atoms with E-state index < -0.39 is 6.04 Å². The zero-order valence-corrected chi connectivity index (χ0v) is 24.5. The van der Waals surface area contributed by atoms with E-state index in [1.165, 1.54) is 11.8 Å². The summed E-state index contributed by atoms with van der Waals surface area (Å²) in [5, 5.41) is 6.31. The fourth-order valence-corrected chi connectivity index (χ4v) is 5.59. The van der Waals surface area contributed by atoms with Crippen molar-refractivity contribution in [2.45, 2.75) is 25.4 Å². The Morgan fingerprint density at radius 3 is 2.48 bits per heavy atom. The molecule has 0 aliphatic carbocycles. The molecule has 2 heterocycles. The van der Waals surface area contributed by atoms with Crippen molar-refractivity contribution in [3.8, 4) is 5.75 Å². The number of nitrogens with one attached hydrogen (secondary N) is 2. The van der Waals surface area contributed by atoms with Crippen LogP contribution in [0, 0.1) is 0 Å². The molecule has 42 heavy (non-hydrogen) atoms. The van der Waals surface area contributed by atoms with Crippen molar-refractivity contribution in [2.75, 3.05) is 37.2 Å². The third-order valence-electron chi connectivity index (χ3n) is 6.92. The van der Waals surface area contributed by atoms with Crippen molar-refractivity contribution in [1.29, 1.82) is 0 Å². The quantitative estimate of drug-likeness (QED) is 0.367. The lowest BCUT2D eigenvalue weighted by molar-refractivity contribution is -0.122. The summed E-state index contributed by atoms with van der Waals surface area (Å²) in [6.45, 7) is 0.315. The van der Waals surface area contributed by atoms with Gasteiger partial charge in [-0.2, -0.15) is 4.99 Å². The summed E-state index contributed by atoms with van der Waals surface area (Å²) in [6, 6.07) is 21.8. The number of aliphatic imine (C=N–C) groups is 2. The van der Waals surface area contributed by atoms with Gasteiger partial charge in [0.15, 0.2) is 5.17 Å². The number of carbonyl (C=O) groups is 3. The van der Waals surface area contributed by atoms with Gasteiger partial charge in [0.05, 0.1) is 18.6 Å². The number of fused-ring (bicyclic) bond motifs is 3. The van der Waals surface area contributed by atoms with Gasteiger partial charge in [-0.1, -0.05) is 42.1 Å². The highest BCUT2D eigenvalue weighted by atomic mass is 32.2. The average Bonchev–Trinajstić information content (AvgIpc) is 3.34. The van der Waals surface area contributed by atoms with Gasteiger partial charge in [-0.3, -0.25) is 19.3 Å². The van der Waals surface area contributed by atoms with Gasteiger partial charge in [-0.15, -0.1) is 0 Å². The first kappa shape index (κ1) is 28.9. The van der Waals surface area contributed by atoms with Gasteiger partial charge < -0.3 is 20.3 Å². The third kappa shape index (κ3) is 6.46. The maximum atomic E-state index is 13.1. The van der Waals surface area contributed by atoms with E-state index in [9.17, 15) is 14.4 Å². The standard InChI is InChI=1S/C31H32N6O4S/c1-36(2)22-14-12-21(13-15-22)33-28(39)19-42-31-34-24-10-6-5-9-23(24)29-35-30(40)25(37(29)31)16-17-27(38)32-18-20-8-4-7-11-26(20)41-3/h4-15,25H,16-19H2,1-3H3,(H,32,38)(H,33,39). The van der Waals surface area contributed by atoms with Crippen LogP contribution in [0.25, 0.3) is 0 Å². The van der Waals surface area contributed by atoms with Crippen LogP contribution < -0.4 is 20.3 Å². The zero-order chi connectivity index (χ0) is 29.6. The number of rotatable bonds is 10. The molecular weight excluding hydrogens is 552 g/mol. The molecule has 10 nitrogen and oxygen atoms in total. The maximum Gasteiger partial charge on any atom is 0.270 e. The first-order chi connectivity index (χ1) is 20.3. The number of hydrogen-bond donors (Lipinski definition) is 2. The second kappa shape index (κ2) is 12.9. The smallest absolute Gasteiger partial charge is 0.270 e. The molecular formula is C31H32N6O4S. The monoisotopic (exact) mass is 584 g/mol. The molecule has 0 radical (unpaired) electrons. The van der Waals surface area contributed by atoms with Gasteiger partial charge in [-0.25, -0.2) is 4.99 Å². The number of carbonyl (C=O) groups excluding carboxylic acids is 3. The highest BCUT2D eigenvalue weighted by molar-refractivity contribution is 8.14. The fourth-order valence-electron chi connectivity index (χ4n) is 4.75. The van der Waals surface area contributed by atoms with Gasteiger partial charge in [0, 0.05) is 49.6 Å². The Morgan fingerprint density at radius 2 is 1.71 bits per heavy atom. The van der Waals surface area contributed by atoms with E-state index in [1.807, 2.05) is 91.8 Å². The number of amidine groups is 2. The molecule has 1 atom stereocenters. The van der Waals surface area contributed by atoms with Gasteiger partial charge in [0.25, 0.3) is 5.91 Å². The molecule has 3 amide bonds. The second-order valence-corrected chi connectivity index (χ2v) is 10.9. The lowest BCUT2D eigenvalue weighted by Crippen LogP contribution is -2.44. The van der Waals surface area contributed by atoms with Crippen LogP contribution >= 0.6 is 11.8 Å².